The molecule has 0 radical (unpaired) electrons. The molecule has 1 N–H and O–H groups in total. The minimum atomic E-state index is -0.460. The van der Waals surface area contributed by atoms with E-state index in [1.807, 2.05) is 45.0 Å². The van der Waals surface area contributed by atoms with Crippen LogP contribution in [0.25, 0.3) is 0 Å². The van der Waals surface area contributed by atoms with Gasteiger partial charge in [0.1, 0.15) is 11.8 Å². The van der Waals surface area contributed by atoms with Crippen molar-refractivity contribution >= 4 is 11.9 Å². The maximum Gasteiger partial charge on any atom is 0.338 e. The van der Waals surface area contributed by atoms with Crippen molar-refractivity contribution in [2.24, 2.45) is 0 Å². The van der Waals surface area contributed by atoms with E-state index in [1.165, 1.54) is 0 Å². The third-order valence-electron chi connectivity index (χ3n) is 3.78. The topological polar surface area (TPSA) is 91.2 Å². The molecule has 1 unspecified atom stereocenters. The molecule has 0 bridgehead atoms. The van der Waals surface area contributed by atoms with Gasteiger partial charge in [0, 0.05) is 5.70 Å². The van der Waals surface area contributed by atoms with Crippen LogP contribution in [0.4, 0.5) is 5.95 Å². The van der Waals surface area contributed by atoms with E-state index in [1.54, 1.807) is 11.6 Å². The number of carbonyl (C=O) groups excluding carboxylic acids is 1. The lowest BCUT2D eigenvalue weighted by Gasteiger charge is -2.27. The fourth-order valence-corrected chi connectivity index (χ4v) is 2.79. The highest BCUT2D eigenvalue weighted by molar-refractivity contribution is 5.92. The van der Waals surface area contributed by atoms with Gasteiger partial charge in [-0.15, -0.1) is 0 Å². The Kier molecular flexibility index (Phi) is 4.69. The van der Waals surface area contributed by atoms with Crippen molar-refractivity contribution in [3.63, 3.8) is 0 Å². The fourth-order valence-electron chi connectivity index (χ4n) is 2.79. The summed E-state index contributed by atoms with van der Waals surface area (Å²) in [4.78, 5) is 12.5. The molecule has 1 aliphatic heterocycles. The minimum absolute atomic E-state index is 0.0908. The Morgan fingerprint density at radius 3 is 2.68 bits per heavy atom. The second kappa shape index (κ2) is 6.92. The van der Waals surface area contributed by atoms with Gasteiger partial charge in [0.2, 0.25) is 5.95 Å². The summed E-state index contributed by atoms with van der Waals surface area (Å²) in [6.07, 6.45) is 0.0908. The zero-order valence-electron chi connectivity index (χ0n) is 14.7. The summed E-state index contributed by atoms with van der Waals surface area (Å²) in [5, 5.41) is 14.7. The smallest absolute Gasteiger partial charge is 0.338 e. The summed E-state index contributed by atoms with van der Waals surface area (Å²) in [6, 6.07) is 7.11. The maximum absolute atomic E-state index is 12.5. The molecule has 0 fully saturated rings. The van der Waals surface area contributed by atoms with Crippen molar-refractivity contribution in [2.75, 3.05) is 11.9 Å². The number of tetrazole rings is 1. The first-order chi connectivity index (χ1) is 12.0. The lowest BCUT2D eigenvalue weighted by molar-refractivity contribution is -0.139. The monoisotopic (exact) mass is 343 g/mol. The Hall–Kier alpha value is -2.90. The van der Waals surface area contributed by atoms with Gasteiger partial charge in [-0.3, -0.25) is 0 Å². The average molecular weight is 343 g/mol. The van der Waals surface area contributed by atoms with Crippen LogP contribution in [0, 0.1) is 0 Å². The van der Waals surface area contributed by atoms with Crippen LogP contribution in [-0.2, 0) is 9.53 Å². The molecule has 132 valence electrons. The summed E-state index contributed by atoms with van der Waals surface area (Å²) in [5.41, 5.74) is 2.03. The number of hydrogen-bond acceptors (Lipinski definition) is 7. The van der Waals surface area contributed by atoms with Gasteiger partial charge in [-0.2, -0.15) is 4.68 Å². The van der Waals surface area contributed by atoms with E-state index in [0.717, 1.165) is 11.3 Å². The molecule has 0 saturated heterocycles. The van der Waals surface area contributed by atoms with Crippen LogP contribution in [0.5, 0.6) is 5.75 Å². The molecule has 2 heterocycles. The quantitative estimate of drug-likeness (QED) is 0.833. The molecule has 2 aromatic rings. The Balaban J connectivity index is 2.02. The van der Waals surface area contributed by atoms with Crippen molar-refractivity contribution in [3.8, 4) is 5.75 Å². The van der Waals surface area contributed by atoms with Gasteiger partial charge < -0.3 is 14.8 Å². The molecule has 0 aliphatic carbocycles. The summed E-state index contributed by atoms with van der Waals surface area (Å²) in [7, 11) is 0. The third-order valence-corrected chi connectivity index (χ3v) is 3.78. The molecular weight excluding hydrogens is 322 g/mol. The highest BCUT2D eigenvalue weighted by atomic mass is 16.5. The number of nitrogens with one attached hydrogen (secondary N) is 1. The van der Waals surface area contributed by atoms with Crippen molar-refractivity contribution in [3.05, 3.63) is 41.1 Å². The van der Waals surface area contributed by atoms with Crippen LogP contribution in [-0.4, -0.2) is 38.9 Å². The van der Waals surface area contributed by atoms with Gasteiger partial charge >= 0.3 is 5.97 Å². The number of allylic oxidation sites excluding steroid dienone is 1. The second-order valence-electron chi connectivity index (χ2n) is 5.97. The summed E-state index contributed by atoms with van der Waals surface area (Å²) in [6.45, 7) is 7.83. The molecule has 0 saturated carbocycles. The molecule has 8 heteroatoms. The SMILES string of the molecule is CCOC(=O)C1=C(C)Nc2nnnn2C1c1ccc(OC(C)C)cc1. The Bertz CT molecular complexity index is 795. The fraction of sp³-hybridized carbons (Fsp3) is 0.412. The third kappa shape index (κ3) is 3.33. The predicted octanol–water partition coefficient (Wildman–Crippen LogP) is 2.31. The van der Waals surface area contributed by atoms with Crippen LogP contribution in [0.2, 0.25) is 0 Å². The number of ether oxygens (including phenoxy) is 2. The Labute approximate surface area is 145 Å². The highest BCUT2D eigenvalue weighted by Crippen LogP contribution is 2.35. The normalized spacial score (nSPS) is 16.4. The lowest BCUT2D eigenvalue weighted by atomic mass is 9.96. The van der Waals surface area contributed by atoms with Crippen LogP contribution in [0.15, 0.2) is 35.5 Å². The molecule has 1 aromatic heterocycles. The molecule has 1 atom stereocenters. The highest BCUT2D eigenvalue weighted by Gasteiger charge is 2.34. The van der Waals surface area contributed by atoms with E-state index in [2.05, 4.69) is 20.8 Å². The van der Waals surface area contributed by atoms with E-state index in [9.17, 15) is 4.79 Å². The number of benzene rings is 1. The van der Waals surface area contributed by atoms with Crippen LogP contribution in [0.3, 0.4) is 0 Å². The van der Waals surface area contributed by atoms with Gasteiger partial charge in [0.25, 0.3) is 0 Å². The summed E-state index contributed by atoms with van der Waals surface area (Å²) < 4.78 is 12.5. The number of carbonyl (C=O) groups is 1. The molecule has 0 amide bonds. The molecule has 3 rings (SSSR count). The average Bonchev–Trinajstić information content (AvgIpc) is 3.02. The number of hydrogen-bond donors (Lipinski definition) is 1. The van der Waals surface area contributed by atoms with Gasteiger partial charge in [0.15, 0.2) is 0 Å². The number of aromatic nitrogens is 4. The minimum Gasteiger partial charge on any atom is -0.491 e. The van der Waals surface area contributed by atoms with E-state index < -0.39 is 6.04 Å². The van der Waals surface area contributed by atoms with Crippen LogP contribution in [0.1, 0.15) is 39.3 Å². The van der Waals surface area contributed by atoms with Gasteiger partial charge in [-0.25, -0.2) is 4.79 Å². The van der Waals surface area contributed by atoms with Crippen LogP contribution < -0.4 is 10.1 Å². The van der Waals surface area contributed by atoms with Crippen molar-refractivity contribution in [1.29, 1.82) is 0 Å². The van der Waals surface area contributed by atoms with Gasteiger partial charge in [-0.05, 0) is 55.8 Å². The standard InChI is InChI=1S/C17H21N5O3/c1-5-24-16(23)14-11(4)18-17-19-20-21-22(17)15(14)12-6-8-13(9-7-12)25-10(2)3/h6-10,15H,5H2,1-4H3,(H,18,19,21). The molecule has 1 aliphatic rings. The zero-order chi connectivity index (χ0) is 18.0. The second-order valence-corrected chi connectivity index (χ2v) is 5.97. The largest absolute Gasteiger partial charge is 0.491 e. The van der Waals surface area contributed by atoms with Crippen molar-refractivity contribution < 1.29 is 14.3 Å². The summed E-state index contributed by atoms with van der Waals surface area (Å²) in [5.74, 6) is 0.863. The van der Waals surface area contributed by atoms with Gasteiger partial charge in [-0.1, -0.05) is 17.2 Å². The summed E-state index contributed by atoms with van der Waals surface area (Å²) >= 11 is 0. The molecular formula is C17H21N5O3. The van der Waals surface area contributed by atoms with E-state index in [-0.39, 0.29) is 12.1 Å². The predicted molar refractivity (Wildman–Crippen MR) is 91.1 cm³/mol. The van der Waals surface area contributed by atoms with Crippen molar-refractivity contribution in [1.82, 2.24) is 20.2 Å². The molecule has 0 spiro atoms. The number of nitrogens with zero attached hydrogens (tertiary/aromatic N) is 4. The number of rotatable bonds is 5. The number of fused-ring (bicyclic) bond motifs is 1. The molecule has 25 heavy (non-hydrogen) atoms. The Morgan fingerprint density at radius 2 is 2.04 bits per heavy atom. The van der Waals surface area contributed by atoms with E-state index in [0.29, 0.717) is 23.8 Å². The maximum atomic E-state index is 12.5. The molecule has 1 aromatic carbocycles. The lowest BCUT2D eigenvalue weighted by Crippen LogP contribution is -2.29. The zero-order valence-corrected chi connectivity index (χ0v) is 14.7. The first-order valence-corrected chi connectivity index (χ1v) is 8.20. The first kappa shape index (κ1) is 16.9. The number of esters is 1. The van der Waals surface area contributed by atoms with E-state index in [4.69, 9.17) is 9.47 Å². The van der Waals surface area contributed by atoms with Crippen LogP contribution >= 0.6 is 0 Å². The number of anilines is 1. The first-order valence-electron chi connectivity index (χ1n) is 8.20. The van der Waals surface area contributed by atoms with E-state index >= 15 is 0 Å². The van der Waals surface area contributed by atoms with Gasteiger partial charge in [0.05, 0.1) is 18.3 Å². The Morgan fingerprint density at radius 1 is 1.32 bits per heavy atom. The van der Waals surface area contributed by atoms with Crippen molar-refractivity contribution in [2.45, 2.75) is 39.8 Å². The molecule has 8 nitrogen and oxygen atoms in total.